The third kappa shape index (κ3) is 2.80. The van der Waals surface area contributed by atoms with Crippen molar-refractivity contribution in [1.82, 2.24) is 15.0 Å². The Balaban J connectivity index is 2.07. The van der Waals surface area contributed by atoms with Crippen LogP contribution in [-0.4, -0.2) is 22.1 Å². The van der Waals surface area contributed by atoms with Crippen LogP contribution in [-0.2, 0) is 0 Å². The summed E-state index contributed by atoms with van der Waals surface area (Å²) in [5.41, 5.74) is 1.03. The van der Waals surface area contributed by atoms with Gasteiger partial charge in [0.25, 0.3) is 5.56 Å². The van der Waals surface area contributed by atoms with Crippen molar-refractivity contribution in [3.63, 3.8) is 0 Å². The van der Waals surface area contributed by atoms with Crippen LogP contribution in [0.25, 0.3) is 11.5 Å². The van der Waals surface area contributed by atoms with Gasteiger partial charge in [0.2, 0.25) is 5.75 Å². The van der Waals surface area contributed by atoms with Crippen LogP contribution in [0.1, 0.15) is 0 Å². The van der Waals surface area contributed by atoms with Gasteiger partial charge >= 0.3 is 0 Å². The maximum atomic E-state index is 12.2. The van der Waals surface area contributed by atoms with Gasteiger partial charge in [-0.05, 0) is 24.3 Å². The molecule has 6 heteroatoms. The summed E-state index contributed by atoms with van der Waals surface area (Å²) in [5.74, 6) is 0.853. The minimum absolute atomic E-state index is 0.128. The average Bonchev–Trinajstić information content (AvgIpc) is 2.56. The van der Waals surface area contributed by atoms with Gasteiger partial charge in [-0.2, -0.15) is 0 Å². The predicted octanol–water partition coefficient (Wildman–Crippen LogP) is 2.58. The molecule has 22 heavy (non-hydrogen) atoms. The lowest BCUT2D eigenvalue weighted by Crippen LogP contribution is -2.15. The number of ether oxygens (including phenoxy) is 1. The number of pyridine rings is 1. The van der Waals surface area contributed by atoms with Gasteiger partial charge in [-0.15, -0.1) is 0 Å². The van der Waals surface area contributed by atoms with Gasteiger partial charge in [0.1, 0.15) is 5.69 Å². The van der Waals surface area contributed by atoms with Crippen LogP contribution >= 0.6 is 0 Å². The van der Waals surface area contributed by atoms with E-state index in [1.165, 1.54) is 7.11 Å². The van der Waals surface area contributed by atoms with Gasteiger partial charge < -0.3 is 15.0 Å². The van der Waals surface area contributed by atoms with E-state index in [4.69, 9.17) is 4.74 Å². The van der Waals surface area contributed by atoms with Gasteiger partial charge in [0, 0.05) is 11.9 Å². The molecule has 2 heterocycles. The standard InChI is InChI=1S/C16H14N4O2/c1-22-13-15(18-11-7-3-2-4-8-11)19-14(20-16(13)21)12-9-5-6-10-17-12/h2-10H,1H3,(H2,18,19,20,21). The lowest BCUT2D eigenvalue weighted by Gasteiger charge is -2.11. The van der Waals surface area contributed by atoms with Crippen LogP contribution in [0, 0.1) is 0 Å². The Bertz CT molecular complexity index is 817. The highest BCUT2D eigenvalue weighted by Crippen LogP contribution is 2.23. The molecule has 0 aliphatic rings. The first-order valence-electron chi connectivity index (χ1n) is 6.69. The maximum Gasteiger partial charge on any atom is 0.295 e. The van der Waals surface area contributed by atoms with Gasteiger partial charge in [-0.25, -0.2) is 4.98 Å². The van der Waals surface area contributed by atoms with Gasteiger partial charge in [0.05, 0.1) is 7.11 Å². The molecule has 0 saturated heterocycles. The lowest BCUT2D eigenvalue weighted by molar-refractivity contribution is 0.408. The normalized spacial score (nSPS) is 10.2. The van der Waals surface area contributed by atoms with Crippen LogP contribution in [0.2, 0.25) is 0 Å². The van der Waals surface area contributed by atoms with Crippen molar-refractivity contribution >= 4 is 11.5 Å². The molecular formula is C16H14N4O2. The Labute approximate surface area is 126 Å². The number of benzene rings is 1. The second-order valence-corrected chi connectivity index (χ2v) is 4.50. The minimum atomic E-state index is -0.364. The highest BCUT2D eigenvalue weighted by atomic mass is 16.5. The summed E-state index contributed by atoms with van der Waals surface area (Å²) in [4.78, 5) is 23.5. The number of nitrogens with zero attached hydrogens (tertiary/aromatic N) is 2. The van der Waals surface area contributed by atoms with Crippen LogP contribution in [0.4, 0.5) is 11.5 Å². The fourth-order valence-electron chi connectivity index (χ4n) is 2.02. The summed E-state index contributed by atoms with van der Waals surface area (Å²) in [7, 11) is 1.43. The average molecular weight is 294 g/mol. The molecule has 0 spiro atoms. The van der Waals surface area contributed by atoms with Crippen molar-refractivity contribution in [3.05, 3.63) is 65.1 Å². The lowest BCUT2D eigenvalue weighted by atomic mass is 10.3. The second-order valence-electron chi connectivity index (χ2n) is 4.50. The molecule has 6 nitrogen and oxygen atoms in total. The summed E-state index contributed by atoms with van der Waals surface area (Å²) < 4.78 is 5.15. The molecule has 0 aliphatic carbocycles. The number of anilines is 2. The van der Waals surface area contributed by atoms with E-state index in [1.54, 1.807) is 18.3 Å². The topological polar surface area (TPSA) is 79.9 Å². The smallest absolute Gasteiger partial charge is 0.295 e. The van der Waals surface area contributed by atoms with E-state index in [-0.39, 0.29) is 11.3 Å². The molecule has 0 amide bonds. The molecule has 1 aromatic carbocycles. The molecule has 0 aliphatic heterocycles. The molecule has 110 valence electrons. The summed E-state index contributed by atoms with van der Waals surface area (Å²) in [5, 5.41) is 3.09. The van der Waals surface area contributed by atoms with Crippen molar-refractivity contribution in [1.29, 1.82) is 0 Å². The molecule has 3 aromatic rings. The van der Waals surface area contributed by atoms with Crippen LogP contribution in [0.15, 0.2) is 59.5 Å². The first kappa shape index (κ1) is 13.8. The molecule has 0 radical (unpaired) electrons. The zero-order valence-corrected chi connectivity index (χ0v) is 11.9. The number of methoxy groups -OCH3 is 1. The van der Waals surface area contributed by atoms with E-state index in [1.807, 2.05) is 36.4 Å². The predicted molar refractivity (Wildman–Crippen MR) is 84.4 cm³/mol. The quantitative estimate of drug-likeness (QED) is 0.773. The monoisotopic (exact) mass is 294 g/mol. The Kier molecular flexibility index (Phi) is 3.82. The van der Waals surface area contributed by atoms with E-state index in [2.05, 4.69) is 20.3 Å². The number of aromatic amines is 1. The Morgan fingerprint density at radius 1 is 1.09 bits per heavy atom. The van der Waals surface area contributed by atoms with Crippen LogP contribution < -0.4 is 15.6 Å². The molecule has 2 aromatic heterocycles. The molecule has 0 unspecified atom stereocenters. The maximum absolute atomic E-state index is 12.2. The number of H-pyrrole nitrogens is 1. The third-order valence-corrected chi connectivity index (χ3v) is 3.03. The van der Waals surface area contributed by atoms with E-state index in [0.717, 1.165) is 5.69 Å². The fourth-order valence-corrected chi connectivity index (χ4v) is 2.02. The highest BCUT2D eigenvalue weighted by molar-refractivity contribution is 5.64. The molecule has 0 bridgehead atoms. The Hall–Kier alpha value is -3.15. The van der Waals surface area contributed by atoms with Crippen molar-refractivity contribution < 1.29 is 4.74 Å². The zero-order valence-electron chi connectivity index (χ0n) is 11.9. The van der Waals surface area contributed by atoms with Gasteiger partial charge in [-0.1, -0.05) is 24.3 Å². The summed E-state index contributed by atoms with van der Waals surface area (Å²) in [6, 6.07) is 14.9. The first-order valence-corrected chi connectivity index (χ1v) is 6.69. The number of hydrogen-bond acceptors (Lipinski definition) is 5. The molecule has 3 rings (SSSR count). The minimum Gasteiger partial charge on any atom is -0.489 e. The number of aromatic nitrogens is 3. The fraction of sp³-hybridized carbons (Fsp3) is 0.0625. The summed E-state index contributed by atoms with van der Waals surface area (Å²) in [6.45, 7) is 0. The molecule has 2 N–H and O–H groups in total. The highest BCUT2D eigenvalue weighted by Gasteiger charge is 2.13. The van der Waals surface area contributed by atoms with Crippen LogP contribution in [0.5, 0.6) is 5.75 Å². The van der Waals surface area contributed by atoms with Gasteiger partial charge in [-0.3, -0.25) is 9.78 Å². The zero-order chi connectivity index (χ0) is 15.4. The van der Waals surface area contributed by atoms with E-state index < -0.39 is 0 Å². The summed E-state index contributed by atoms with van der Waals surface area (Å²) in [6.07, 6.45) is 1.64. The van der Waals surface area contributed by atoms with Crippen molar-refractivity contribution in [2.24, 2.45) is 0 Å². The Morgan fingerprint density at radius 2 is 1.86 bits per heavy atom. The van der Waals surface area contributed by atoms with Gasteiger partial charge in [0.15, 0.2) is 11.6 Å². The summed E-state index contributed by atoms with van der Waals surface area (Å²) >= 11 is 0. The van der Waals surface area contributed by atoms with Crippen molar-refractivity contribution in [2.75, 3.05) is 12.4 Å². The SMILES string of the molecule is COc1c(Nc2ccccc2)nc(-c2ccccn2)[nH]c1=O. The third-order valence-electron chi connectivity index (χ3n) is 3.03. The number of para-hydroxylation sites is 1. The van der Waals surface area contributed by atoms with E-state index in [9.17, 15) is 4.79 Å². The second kappa shape index (κ2) is 6.09. The van der Waals surface area contributed by atoms with Crippen LogP contribution in [0.3, 0.4) is 0 Å². The molecular weight excluding hydrogens is 280 g/mol. The number of rotatable bonds is 4. The van der Waals surface area contributed by atoms with Crippen molar-refractivity contribution in [2.45, 2.75) is 0 Å². The number of hydrogen-bond donors (Lipinski definition) is 2. The first-order chi connectivity index (χ1) is 10.8. The molecule has 0 saturated carbocycles. The van der Waals surface area contributed by atoms with E-state index >= 15 is 0 Å². The van der Waals surface area contributed by atoms with Crippen molar-refractivity contribution in [3.8, 4) is 17.3 Å². The molecule has 0 atom stereocenters. The Morgan fingerprint density at radius 3 is 2.55 bits per heavy atom. The molecule has 0 fully saturated rings. The largest absolute Gasteiger partial charge is 0.489 e. The number of nitrogens with one attached hydrogen (secondary N) is 2. The van der Waals surface area contributed by atoms with E-state index in [0.29, 0.717) is 17.3 Å².